The number of carbonyl (C=O) groups excluding carboxylic acids is 1. The Morgan fingerprint density at radius 2 is 2.15 bits per heavy atom. The van der Waals surface area contributed by atoms with Crippen LogP contribution in [0.25, 0.3) is 0 Å². The molecule has 106 valence electrons. The van der Waals surface area contributed by atoms with Gasteiger partial charge in [0.1, 0.15) is 11.3 Å². The number of nitrogens with one attached hydrogen (secondary N) is 1. The largest absolute Gasteiger partial charge is 0.484 e. The minimum absolute atomic E-state index is 0.176. The van der Waals surface area contributed by atoms with Crippen molar-refractivity contribution in [3.05, 3.63) is 28.2 Å². The highest BCUT2D eigenvalue weighted by molar-refractivity contribution is 7.99. The number of nitriles is 1. The van der Waals surface area contributed by atoms with E-state index >= 15 is 0 Å². The fourth-order valence-corrected chi connectivity index (χ4v) is 3.62. The first-order valence-electron chi connectivity index (χ1n) is 5.92. The summed E-state index contributed by atoms with van der Waals surface area (Å²) in [4.78, 5) is 11.8. The zero-order chi connectivity index (χ0) is 14.6. The third-order valence-corrected chi connectivity index (χ3v) is 4.45. The number of hydrogen-bond donors (Lipinski definition) is 1. The van der Waals surface area contributed by atoms with Gasteiger partial charge in [-0.15, -0.1) is 0 Å². The smallest absolute Gasteiger partial charge is 0.259 e. The van der Waals surface area contributed by atoms with Crippen LogP contribution in [-0.4, -0.2) is 29.6 Å². The van der Waals surface area contributed by atoms with E-state index < -0.39 is 5.54 Å². The summed E-state index contributed by atoms with van der Waals surface area (Å²) in [6, 6.07) is 6.91. The van der Waals surface area contributed by atoms with Gasteiger partial charge in [-0.05, 0) is 30.4 Å². The van der Waals surface area contributed by atoms with Crippen molar-refractivity contribution in [3.8, 4) is 11.8 Å². The molecule has 1 aromatic rings. The van der Waals surface area contributed by atoms with Crippen molar-refractivity contribution < 1.29 is 9.53 Å². The summed E-state index contributed by atoms with van der Waals surface area (Å²) in [5.74, 6) is 1.58. The molecule has 20 heavy (non-hydrogen) atoms. The van der Waals surface area contributed by atoms with Gasteiger partial charge in [-0.2, -0.15) is 17.0 Å². The third kappa shape index (κ3) is 3.95. The first kappa shape index (κ1) is 15.3. The highest BCUT2D eigenvalue weighted by Gasteiger charge is 2.36. The van der Waals surface area contributed by atoms with E-state index in [1.807, 2.05) is 0 Å². The van der Waals surface area contributed by atoms with Crippen LogP contribution in [0.2, 0.25) is 10.0 Å². The lowest BCUT2D eigenvalue weighted by molar-refractivity contribution is -0.124. The molecule has 0 saturated carbocycles. The van der Waals surface area contributed by atoms with Crippen LogP contribution in [-0.2, 0) is 4.79 Å². The summed E-state index contributed by atoms with van der Waals surface area (Å²) in [5.41, 5.74) is -0.767. The molecule has 0 aromatic heterocycles. The van der Waals surface area contributed by atoms with Crippen molar-refractivity contribution >= 4 is 40.9 Å². The second kappa shape index (κ2) is 6.57. The fourth-order valence-electron chi connectivity index (χ4n) is 1.84. The summed E-state index contributed by atoms with van der Waals surface area (Å²) in [6.07, 6.45) is 0.656. The molecule has 1 aliphatic rings. The maximum absolute atomic E-state index is 11.8. The normalized spacial score (nSPS) is 21.2. The monoisotopic (exact) mass is 330 g/mol. The number of rotatable bonds is 4. The molecule has 1 aliphatic heterocycles. The van der Waals surface area contributed by atoms with Gasteiger partial charge in [0.2, 0.25) is 0 Å². The van der Waals surface area contributed by atoms with Crippen molar-refractivity contribution in [2.24, 2.45) is 0 Å². The third-order valence-electron chi connectivity index (χ3n) is 2.82. The molecule has 0 radical (unpaired) electrons. The average molecular weight is 331 g/mol. The summed E-state index contributed by atoms with van der Waals surface area (Å²) in [7, 11) is 0. The molecule has 0 spiro atoms. The summed E-state index contributed by atoms with van der Waals surface area (Å²) in [6.45, 7) is -0.176. The molecule has 1 heterocycles. The van der Waals surface area contributed by atoms with Gasteiger partial charge in [0, 0.05) is 15.8 Å². The topological polar surface area (TPSA) is 62.1 Å². The molecule has 0 unspecified atom stereocenters. The number of carbonyl (C=O) groups is 1. The standard InChI is InChI=1S/C13H12Cl2N2O2S/c14-9-3-10(15)5-11(4-9)19-6-12(18)17-13(7-16)1-2-20-8-13/h3-5H,1-2,6,8H2,(H,17,18)/t13-/m1/s1. The van der Waals surface area contributed by atoms with Crippen LogP contribution in [0.5, 0.6) is 5.75 Å². The number of nitrogens with zero attached hydrogens (tertiary/aromatic N) is 1. The second-order valence-electron chi connectivity index (χ2n) is 4.44. The minimum Gasteiger partial charge on any atom is -0.484 e. The molecular weight excluding hydrogens is 319 g/mol. The Labute approximate surface area is 131 Å². The summed E-state index contributed by atoms with van der Waals surface area (Å²) in [5, 5.41) is 12.8. The molecule has 1 atom stereocenters. The Morgan fingerprint density at radius 1 is 1.45 bits per heavy atom. The Balaban J connectivity index is 1.90. The van der Waals surface area contributed by atoms with Crippen LogP contribution in [0, 0.1) is 11.3 Å². The number of hydrogen-bond acceptors (Lipinski definition) is 4. The molecule has 1 aromatic carbocycles. The predicted octanol–water partition coefficient (Wildman–Crippen LogP) is 2.89. The van der Waals surface area contributed by atoms with Gasteiger partial charge in [-0.1, -0.05) is 23.2 Å². The molecule has 1 amide bonds. The van der Waals surface area contributed by atoms with Gasteiger partial charge in [0.15, 0.2) is 6.61 Å². The van der Waals surface area contributed by atoms with Gasteiger partial charge in [0.05, 0.1) is 6.07 Å². The van der Waals surface area contributed by atoms with Crippen LogP contribution in [0.1, 0.15) is 6.42 Å². The van der Waals surface area contributed by atoms with Gasteiger partial charge >= 0.3 is 0 Å². The summed E-state index contributed by atoms with van der Waals surface area (Å²) >= 11 is 13.3. The summed E-state index contributed by atoms with van der Waals surface area (Å²) < 4.78 is 5.33. The Bertz CT molecular complexity index is 534. The average Bonchev–Trinajstić information content (AvgIpc) is 2.84. The molecule has 0 aliphatic carbocycles. The number of amides is 1. The van der Waals surface area contributed by atoms with E-state index in [2.05, 4.69) is 11.4 Å². The van der Waals surface area contributed by atoms with E-state index in [1.165, 1.54) is 0 Å². The number of ether oxygens (including phenoxy) is 1. The highest BCUT2D eigenvalue weighted by atomic mass is 35.5. The molecule has 4 nitrogen and oxygen atoms in total. The van der Waals surface area contributed by atoms with E-state index in [0.29, 0.717) is 28.0 Å². The van der Waals surface area contributed by atoms with Crippen molar-refractivity contribution in [1.29, 1.82) is 5.26 Å². The molecule has 0 bridgehead atoms. The van der Waals surface area contributed by atoms with Crippen molar-refractivity contribution in [1.82, 2.24) is 5.32 Å². The van der Waals surface area contributed by atoms with Crippen molar-refractivity contribution in [3.63, 3.8) is 0 Å². The Kier molecular flexibility index (Phi) is 5.03. The first-order chi connectivity index (χ1) is 9.53. The van der Waals surface area contributed by atoms with Crippen molar-refractivity contribution in [2.45, 2.75) is 12.0 Å². The van der Waals surface area contributed by atoms with Gasteiger partial charge < -0.3 is 10.1 Å². The molecule has 7 heteroatoms. The predicted molar refractivity (Wildman–Crippen MR) is 80.4 cm³/mol. The molecule has 1 N–H and O–H groups in total. The lowest BCUT2D eigenvalue weighted by Gasteiger charge is -2.21. The maximum atomic E-state index is 11.8. The Hall–Kier alpha value is -1.09. The zero-order valence-electron chi connectivity index (χ0n) is 10.5. The SMILES string of the molecule is N#C[C@]1(NC(=O)COc2cc(Cl)cc(Cl)c2)CCSC1. The molecular formula is C13H12Cl2N2O2S. The Morgan fingerprint density at radius 3 is 2.70 bits per heavy atom. The van der Waals surface area contributed by atoms with Crippen LogP contribution in [0.15, 0.2) is 18.2 Å². The van der Waals surface area contributed by atoms with Gasteiger partial charge in [-0.25, -0.2) is 0 Å². The minimum atomic E-state index is -0.767. The van der Waals surface area contributed by atoms with E-state index in [9.17, 15) is 4.79 Å². The zero-order valence-corrected chi connectivity index (χ0v) is 12.8. The number of benzene rings is 1. The molecule has 1 fully saturated rings. The quantitative estimate of drug-likeness (QED) is 0.921. The highest BCUT2D eigenvalue weighted by Crippen LogP contribution is 2.27. The van der Waals surface area contributed by atoms with Crippen LogP contribution in [0.3, 0.4) is 0 Å². The second-order valence-corrected chi connectivity index (χ2v) is 6.42. The molecule has 2 rings (SSSR count). The van der Waals surface area contributed by atoms with Crippen molar-refractivity contribution in [2.75, 3.05) is 18.1 Å². The van der Waals surface area contributed by atoms with Crippen LogP contribution < -0.4 is 10.1 Å². The van der Waals surface area contributed by atoms with Gasteiger partial charge in [0.25, 0.3) is 5.91 Å². The molecule has 1 saturated heterocycles. The lowest BCUT2D eigenvalue weighted by atomic mass is 10.0. The number of halogens is 2. The number of thioether (sulfide) groups is 1. The fraction of sp³-hybridized carbons (Fsp3) is 0.385. The van der Waals surface area contributed by atoms with Gasteiger partial charge in [-0.3, -0.25) is 4.79 Å². The lowest BCUT2D eigenvalue weighted by Crippen LogP contribution is -2.49. The van der Waals surface area contributed by atoms with E-state index in [4.69, 9.17) is 33.2 Å². The van der Waals surface area contributed by atoms with Crippen LogP contribution in [0.4, 0.5) is 0 Å². The first-order valence-corrected chi connectivity index (χ1v) is 7.83. The maximum Gasteiger partial charge on any atom is 0.259 e. The van der Waals surface area contributed by atoms with E-state index in [0.717, 1.165) is 5.75 Å². The van der Waals surface area contributed by atoms with Crippen LogP contribution >= 0.6 is 35.0 Å². The van der Waals surface area contributed by atoms with E-state index in [1.54, 1.807) is 30.0 Å². The van der Waals surface area contributed by atoms with E-state index in [-0.39, 0.29) is 12.5 Å².